The van der Waals surface area contributed by atoms with E-state index in [0.717, 1.165) is 27.1 Å². The number of hydrogen-bond donors (Lipinski definition) is 0. The molecule has 1 aliphatic heterocycles. The molecule has 36 valence electrons. The van der Waals surface area contributed by atoms with Crippen LogP contribution in [0.15, 0.2) is 0 Å². The van der Waals surface area contributed by atoms with Gasteiger partial charge < -0.3 is 0 Å². The molecule has 0 bridgehead atoms. The van der Waals surface area contributed by atoms with Gasteiger partial charge in [0.2, 0.25) is 0 Å². The summed E-state index contributed by atoms with van der Waals surface area (Å²) in [6.45, 7) is 1.02. The van der Waals surface area contributed by atoms with Crippen molar-refractivity contribution in [3.8, 4) is 0 Å². The van der Waals surface area contributed by atoms with Crippen LogP contribution in [0.4, 0.5) is 0 Å². The predicted octanol–water partition coefficient (Wildman–Crippen LogP) is 0.487. The number of hydrogen-bond acceptors (Lipinski definition) is 1. The fourth-order valence-electron chi connectivity index (χ4n) is 0.440. The first-order valence-corrected chi connectivity index (χ1v) is 4.58. The first-order valence-electron chi connectivity index (χ1n) is 2.15. The van der Waals surface area contributed by atoms with Gasteiger partial charge in [0.15, 0.2) is 0 Å². The van der Waals surface area contributed by atoms with Gasteiger partial charge in [0, 0.05) is 0 Å². The summed E-state index contributed by atoms with van der Waals surface area (Å²) in [4.78, 5) is 0. The Morgan fingerprint density at radius 1 is 1.50 bits per heavy atom. The molecule has 6 heavy (non-hydrogen) atoms. The van der Waals surface area contributed by atoms with Crippen molar-refractivity contribution in [1.82, 2.24) is 0 Å². The zero-order valence-electron chi connectivity index (χ0n) is 3.64. The fourth-order valence-corrected chi connectivity index (χ4v) is 1.86. The van der Waals surface area contributed by atoms with Crippen LogP contribution in [0.1, 0.15) is 6.42 Å². The third-order valence-electron chi connectivity index (χ3n) is 0.744. The second-order valence-corrected chi connectivity index (χ2v) is 3.50. The van der Waals surface area contributed by atoms with E-state index in [1.807, 2.05) is 0 Å². The van der Waals surface area contributed by atoms with Crippen molar-refractivity contribution < 1.29 is 4.74 Å². The van der Waals surface area contributed by atoms with Crippen LogP contribution in [0.5, 0.6) is 0 Å². The second kappa shape index (κ2) is 2.62. The van der Waals surface area contributed by atoms with Crippen LogP contribution in [-0.2, 0) is 4.74 Å². The summed E-state index contributed by atoms with van der Waals surface area (Å²) in [5.74, 6) is 0. The summed E-state index contributed by atoms with van der Waals surface area (Å²) in [5.41, 5.74) is 1.06. The summed E-state index contributed by atoms with van der Waals surface area (Å²) >= 11 is 0.832. The average Bonchev–Trinajstić information content (AvgIpc) is 1.72. The summed E-state index contributed by atoms with van der Waals surface area (Å²) in [6.07, 6.45) is 1.31. The molecule has 0 spiro atoms. The molecule has 1 nitrogen and oxygen atoms in total. The molecular weight excluding hydrogens is 143 g/mol. The number of rotatable bonds is 0. The molecule has 1 heterocycles. The molecule has 0 unspecified atom stereocenters. The SMILES string of the molecule is C1COC[Se]C1. The molecule has 0 aromatic rings. The van der Waals surface area contributed by atoms with E-state index in [0.29, 0.717) is 0 Å². The Kier molecular flexibility index (Phi) is 2.02. The molecule has 1 fully saturated rings. The summed E-state index contributed by atoms with van der Waals surface area (Å²) in [6, 6.07) is 0. The molecule has 0 aromatic carbocycles. The molecule has 0 amide bonds. The Labute approximate surface area is 44.2 Å². The van der Waals surface area contributed by atoms with Gasteiger partial charge in [0.1, 0.15) is 0 Å². The zero-order chi connectivity index (χ0) is 4.24. The van der Waals surface area contributed by atoms with Crippen LogP contribution in [0.3, 0.4) is 0 Å². The quantitative estimate of drug-likeness (QED) is 0.458. The van der Waals surface area contributed by atoms with Gasteiger partial charge in [-0.2, -0.15) is 0 Å². The second-order valence-electron chi connectivity index (χ2n) is 1.29. The molecular formula is C4H8OSe. The standard InChI is InChI=1S/C4H8OSe/c1-2-5-4-6-3-1/h1-4H2. The van der Waals surface area contributed by atoms with Gasteiger partial charge in [-0.1, -0.05) is 0 Å². The summed E-state index contributed by atoms with van der Waals surface area (Å²) in [5, 5.41) is 1.44. The average molecular weight is 151 g/mol. The van der Waals surface area contributed by atoms with Crippen molar-refractivity contribution in [2.24, 2.45) is 0 Å². The maximum absolute atomic E-state index is 5.10. The van der Waals surface area contributed by atoms with Gasteiger partial charge in [-0.3, -0.25) is 0 Å². The molecule has 1 aliphatic rings. The molecule has 1 rings (SSSR count). The van der Waals surface area contributed by atoms with Crippen LogP contribution >= 0.6 is 0 Å². The summed E-state index contributed by atoms with van der Waals surface area (Å²) in [7, 11) is 0. The Morgan fingerprint density at radius 3 is 2.67 bits per heavy atom. The molecule has 0 aromatic heterocycles. The first kappa shape index (κ1) is 4.63. The van der Waals surface area contributed by atoms with E-state index < -0.39 is 0 Å². The Balaban J connectivity index is 2.00. The van der Waals surface area contributed by atoms with Crippen molar-refractivity contribution in [1.29, 1.82) is 0 Å². The summed E-state index contributed by atoms with van der Waals surface area (Å²) < 4.78 is 5.10. The molecule has 1 saturated heterocycles. The predicted molar refractivity (Wildman–Crippen MR) is 26.0 cm³/mol. The maximum atomic E-state index is 5.10. The normalized spacial score (nSPS) is 24.0. The molecule has 0 radical (unpaired) electrons. The van der Waals surface area contributed by atoms with Crippen molar-refractivity contribution in [3.63, 3.8) is 0 Å². The van der Waals surface area contributed by atoms with Crippen LogP contribution in [0.25, 0.3) is 0 Å². The topological polar surface area (TPSA) is 9.23 Å². The van der Waals surface area contributed by atoms with Gasteiger partial charge >= 0.3 is 43.5 Å². The molecule has 0 atom stereocenters. The van der Waals surface area contributed by atoms with E-state index in [1.165, 1.54) is 11.7 Å². The van der Waals surface area contributed by atoms with Crippen molar-refractivity contribution in [2.45, 2.75) is 11.7 Å². The molecule has 0 aliphatic carbocycles. The Bertz CT molecular complexity index is 23.0. The van der Waals surface area contributed by atoms with Crippen LogP contribution in [0, 0.1) is 0 Å². The Morgan fingerprint density at radius 2 is 2.50 bits per heavy atom. The van der Waals surface area contributed by atoms with E-state index in [-0.39, 0.29) is 0 Å². The van der Waals surface area contributed by atoms with Gasteiger partial charge in [0.25, 0.3) is 0 Å². The van der Waals surface area contributed by atoms with Crippen molar-refractivity contribution in [3.05, 3.63) is 0 Å². The Hall–Kier alpha value is 0.479. The van der Waals surface area contributed by atoms with E-state index in [4.69, 9.17) is 4.74 Å². The van der Waals surface area contributed by atoms with E-state index in [9.17, 15) is 0 Å². The third kappa shape index (κ3) is 1.29. The number of ether oxygens (including phenoxy) is 1. The first-order chi connectivity index (χ1) is 3.00. The van der Waals surface area contributed by atoms with Crippen LogP contribution < -0.4 is 0 Å². The van der Waals surface area contributed by atoms with E-state index in [1.54, 1.807) is 0 Å². The van der Waals surface area contributed by atoms with Gasteiger partial charge in [-0.25, -0.2) is 0 Å². The van der Waals surface area contributed by atoms with Crippen LogP contribution in [0.2, 0.25) is 5.32 Å². The monoisotopic (exact) mass is 152 g/mol. The van der Waals surface area contributed by atoms with E-state index >= 15 is 0 Å². The van der Waals surface area contributed by atoms with Crippen molar-refractivity contribution >= 4 is 15.0 Å². The zero-order valence-corrected chi connectivity index (χ0v) is 5.36. The minimum absolute atomic E-state index is 0.832. The van der Waals surface area contributed by atoms with Crippen molar-refractivity contribution in [2.75, 3.05) is 12.1 Å². The molecule has 0 saturated carbocycles. The minimum atomic E-state index is 0.832. The van der Waals surface area contributed by atoms with E-state index in [2.05, 4.69) is 0 Å². The van der Waals surface area contributed by atoms with Gasteiger partial charge in [-0.05, 0) is 0 Å². The van der Waals surface area contributed by atoms with Gasteiger partial charge in [-0.15, -0.1) is 0 Å². The van der Waals surface area contributed by atoms with Crippen LogP contribution in [-0.4, -0.2) is 27.1 Å². The van der Waals surface area contributed by atoms with Gasteiger partial charge in [0.05, 0.1) is 0 Å². The fraction of sp³-hybridized carbons (Fsp3) is 1.00. The molecule has 2 heteroatoms. The third-order valence-corrected chi connectivity index (χ3v) is 2.65. The molecule has 0 N–H and O–H groups in total.